The molecule has 1 atom stereocenters. The van der Waals surface area contributed by atoms with E-state index < -0.39 is 0 Å². The van der Waals surface area contributed by atoms with E-state index in [1.807, 2.05) is 27.7 Å². The van der Waals surface area contributed by atoms with E-state index in [1.54, 1.807) is 0 Å². The highest BCUT2D eigenvalue weighted by Gasteiger charge is 2.31. The van der Waals surface area contributed by atoms with Crippen molar-refractivity contribution in [3.8, 4) is 0 Å². The van der Waals surface area contributed by atoms with Crippen LogP contribution in [0.4, 0.5) is 0 Å². The average Bonchev–Trinajstić information content (AvgIpc) is 2.35. The molecule has 0 radical (unpaired) electrons. The van der Waals surface area contributed by atoms with Gasteiger partial charge in [-0.1, -0.05) is 27.2 Å². The number of rotatable bonds is 2. The molecule has 0 aliphatic carbocycles. The maximum atomic E-state index is 5.57. The van der Waals surface area contributed by atoms with Crippen molar-refractivity contribution in [3.05, 3.63) is 0 Å². The van der Waals surface area contributed by atoms with Crippen molar-refractivity contribution in [1.82, 2.24) is 0 Å². The summed E-state index contributed by atoms with van der Waals surface area (Å²) in [5.74, 6) is -0.333. The molecule has 1 rings (SSSR count). The number of hydrogen-bond acceptors (Lipinski definition) is 2. The van der Waals surface area contributed by atoms with Crippen molar-refractivity contribution in [2.75, 3.05) is 6.61 Å². The molecule has 1 aliphatic heterocycles. The smallest absolute Gasteiger partial charge is 0.163 e. The van der Waals surface area contributed by atoms with Gasteiger partial charge in [-0.2, -0.15) is 0 Å². The highest BCUT2D eigenvalue weighted by atomic mass is 16.7. The summed E-state index contributed by atoms with van der Waals surface area (Å²) in [4.78, 5) is 0. The molecule has 2 nitrogen and oxygen atoms in total. The van der Waals surface area contributed by atoms with E-state index in [4.69, 9.17) is 9.47 Å². The van der Waals surface area contributed by atoms with Crippen LogP contribution in [0.3, 0.4) is 0 Å². The molecule has 0 aromatic rings. The first-order chi connectivity index (χ1) is 5.64. The Kier molecular flexibility index (Phi) is 5.51. The molecule has 1 fully saturated rings. The van der Waals surface area contributed by atoms with Gasteiger partial charge in [0.05, 0.1) is 12.7 Å². The summed E-state index contributed by atoms with van der Waals surface area (Å²) in [7, 11) is 0. The van der Waals surface area contributed by atoms with E-state index in [9.17, 15) is 0 Å². The van der Waals surface area contributed by atoms with Crippen molar-refractivity contribution < 1.29 is 9.47 Å². The lowest BCUT2D eigenvalue weighted by Crippen LogP contribution is -2.21. The van der Waals surface area contributed by atoms with Crippen molar-refractivity contribution in [2.45, 2.75) is 59.4 Å². The fourth-order valence-corrected chi connectivity index (χ4v) is 1.23. The molecule has 0 aromatic heterocycles. The van der Waals surface area contributed by atoms with Gasteiger partial charge in [-0.15, -0.1) is 0 Å². The van der Waals surface area contributed by atoms with Gasteiger partial charge in [0.15, 0.2) is 5.79 Å². The first-order valence-electron chi connectivity index (χ1n) is 4.96. The van der Waals surface area contributed by atoms with Gasteiger partial charge in [-0.05, 0) is 20.3 Å². The highest BCUT2D eigenvalue weighted by Crippen LogP contribution is 2.24. The largest absolute Gasteiger partial charge is 0.348 e. The van der Waals surface area contributed by atoms with E-state index in [0.29, 0.717) is 6.10 Å². The fourth-order valence-electron chi connectivity index (χ4n) is 1.23. The maximum Gasteiger partial charge on any atom is 0.163 e. The highest BCUT2D eigenvalue weighted by molar-refractivity contribution is 4.69. The molecule has 1 heterocycles. The molecule has 1 aliphatic rings. The topological polar surface area (TPSA) is 18.5 Å². The van der Waals surface area contributed by atoms with Crippen molar-refractivity contribution >= 4 is 0 Å². The Morgan fingerprint density at radius 3 is 2.25 bits per heavy atom. The molecule has 0 aromatic carbocycles. The predicted molar refractivity (Wildman–Crippen MR) is 51.2 cm³/mol. The van der Waals surface area contributed by atoms with Crippen LogP contribution in [0.1, 0.15) is 47.5 Å². The fraction of sp³-hybridized carbons (Fsp3) is 1.00. The van der Waals surface area contributed by atoms with E-state index in [2.05, 4.69) is 6.92 Å². The molecule has 0 unspecified atom stereocenters. The minimum Gasteiger partial charge on any atom is -0.348 e. The summed E-state index contributed by atoms with van der Waals surface area (Å²) in [6, 6.07) is 0. The lowest BCUT2D eigenvalue weighted by molar-refractivity contribution is -0.138. The van der Waals surface area contributed by atoms with Crippen LogP contribution in [-0.4, -0.2) is 18.5 Å². The van der Waals surface area contributed by atoms with E-state index in [1.165, 1.54) is 6.42 Å². The summed E-state index contributed by atoms with van der Waals surface area (Å²) < 4.78 is 11.0. The lowest BCUT2D eigenvalue weighted by Gasteiger charge is -2.16. The third kappa shape index (κ3) is 4.07. The summed E-state index contributed by atoms with van der Waals surface area (Å²) >= 11 is 0. The summed E-state index contributed by atoms with van der Waals surface area (Å²) in [6.07, 6.45) is 2.62. The summed E-state index contributed by atoms with van der Waals surface area (Å²) in [6.45, 7) is 10.8. The maximum absolute atomic E-state index is 5.57. The Hall–Kier alpha value is -0.0800. The Labute approximate surface area is 76.3 Å². The second-order valence-corrected chi connectivity index (χ2v) is 3.24. The number of ether oxygens (including phenoxy) is 2. The molecule has 0 saturated carbocycles. The van der Waals surface area contributed by atoms with Crippen LogP contribution in [0.5, 0.6) is 0 Å². The molecule has 1 saturated heterocycles. The van der Waals surface area contributed by atoms with Crippen LogP contribution in [0.15, 0.2) is 0 Å². The monoisotopic (exact) mass is 174 g/mol. The van der Waals surface area contributed by atoms with Crippen molar-refractivity contribution in [1.29, 1.82) is 0 Å². The van der Waals surface area contributed by atoms with Crippen LogP contribution >= 0.6 is 0 Å². The van der Waals surface area contributed by atoms with Gasteiger partial charge < -0.3 is 9.47 Å². The quantitative estimate of drug-likeness (QED) is 0.640. The number of hydrogen-bond donors (Lipinski definition) is 0. The molecular formula is C10H22O2. The average molecular weight is 174 g/mol. The SMILES string of the molecule is CC.CCC[C@H]1COC(C)(C)O1. The predicted octanol–water partition coefficient (Wildman–Crippen LogP) is 2.96. The second-order valence-electron chi connectivity index (χ2n) is 3.24. The van der Waals surface area contributed by atoms with Crippen LogP contribution in [-0.2, 0) is 9.47 Å². The Balaban J connectivity index is 0.000000561. The normalized spacial score (nSPS) is 26.2. The first-order valence-corrected chi connectivity index (χ1v) is 4.96. The zero-order valence-corrected chi connectivity index (χ0v) is 9.02. The molecule has 74 valence electrons. The minimum absolute atomic E-state index is 0.333. The zero-order chi connectivity index (χ0) is 9.61. The van der Waals surface area contributed by atoms with Crippen molar-refractivity contribution in [2.24, 2.45) is 0 Å². The van der Waals surface area contributed by atoms with Gasteiger partial charge in [0.2, 0.25) is 0 Å². The molecule has 12 heavy (non-hydrogen) atoms. The van der Waals surface area contributed by atoms with Gasteiger partial charge >= 0.3 is 0 Å². The van der Waals surface area contributed by atoms with E-state index >= 15 is 0 Å². The van der Waals surface area contributed by atoms with E-state index in [-0.39, 0.29) is 5.79 Å². The van der Waals surface area contributed by atoms with Gasteiger partial charge in [0, 0.05) is 0 Å². The van der Waals surface area contributed by atoms with Crippen LogP contribution < -0.4 is 0 Å². The first kappa shape index (κ1) is 11.9. The Bertz CT molecular complexity index is 110. The Morgan fingerprint density at radius 1 is 1.33 bits per heavy atom. The van der Waals surface area contributed by atoms with Gasteiger partial charge in [-0.25, -0.2) is 0 Å². The molecule has 2 heteroatoms. The summed E-state index contributed by atoms with van der Waals surface area (Å²) in [5, 5.41) is 0. The minimum atomic E-state index is -0.333. The van der Waals surface area contributed by atoms with Gasteiger partial charge in [0.1, 0.15) is 0 Å². The zero-order valence-electron chi connectivity index (χ0n) is 9.02. The second kappa shape index (κ2) is 5.55. The van der Waals surface area contributed by atoms with E-state index in [0.717, 1.165) is 13.0 Å². The third-order valence-corrected chi connectivity index (χ3v) is 1.68. The third-order valence-electron chi connectivity index (χ3n) is 1.68. The van der Waals surface area contributed by atoms with Crippen LogP contribution in [0.25, 0.3) is 0 Å². The molecular weight excluding hydrogens is 152 g/mol. The van der Waals surface area contributed by atoms with Crippen molar-refractivity contribution in [3.63, 3.8) is 0 Å². The van der Waals surface area contributed by atoms with Gasteiger partial charge in [0.25, 0.3) is 0 Å². The van der Waals surface area contributed by atoms with Crippen LogP contribution in [0, 0.1) is 0 Å². The van der Waals surface area contributed by atoms with Crippen LogP contribution in [0.2, 0.25) is 0 Å². The summed E-state index contributed by atoms with van der Waals surface area (Å²) in [5.41, 5.74) is 0. The van der Waals surface area contributed by atoms with Gasteiger partial charge in [-0.3, -0.25) is 0 Å². The molecule has 0 bridgehead atoms. The Morgan fingerprint density at radius 2 is 1.92 bits per heavy atom. The molecule has 0 N–H and O–H groups in total. The standard InChI is InChI=1S/C8H16O2.C2H6/c1-4-5-7-6-9-8(2,3)10-7;1-2/h7H,4-6H2,1-3H3;1-2H3/t7-;/m0./s1. The molecule has 0 spiro atoms. The molecule has 0 amide bonds. The lowest BCUT2D eigenvalue weighted by atomic mass is 10.2.